The summed E-state index contributed by atoms with van der Waals surface area (Å²) in [5.74, 6) is 0. The van der Waals surface area contributed by atoms with Gasteiger partial charge in [0.25, 0.3) is 0 Å². The summed E-state index contributed by atoms with van der Waals surface area (Å²) in [4.78, 5) is 0. The fourth-order valence-corrected chi connectivity index (χ4v) is 3.06. The van der Waals surface area contributed by atoms with E-state index in [0.29, 0.717) is 0 Å². The second kappa shape index (κ2) is 11.8. The van der Waals surface area contributed by atoms with E-state index in [4.69, 9.17) is 0 Å². The highest BCUT2D eigenvalue weighted by molar-refractivity contribution is 5.64. The summed E-state index contributed by atoms with van der Waals surface area (Å²) in [5, 5.41) is 0. The molecule has 0 aliphatic carbocycles. The molecule has 4 aromatic rings. The van der Waals surface area contributed by atoms with Gasteiger partial charge in [0.2, 0.25) is 0 Å². The average molecular weight is 397 g/mol. The third-order valence-corrected chi connectivity index (χ3v) is 4.84. The SMILES string of the molecule is C.C.Cc1ccc(-c2ccc(C)cc2)cc1.Cc1ccc(-c2cccc(C)c2)cc1. The Bertz CT molecular complexity index is 961. The number of aryl methyl sites for hydroxylation is 4. The van der Waals surface area contributed by atoms with Gasteiger partial charge in [-0.25, -0.2) is 0 Å². The quantitative estimate of drug-likeness (QED) is 0.317. The predicted molar refractivity (Wildman–Crippen MR) is 136 cm³/mol. The number of hydrogen-bond acceptors (Lipinski definition) is 0. The summed E-state index contributed by atoms with van der Waals surface area (Å²) in [7, 11) is 0. The Morgan fingerprint density at radius 2 is 0.667 bits per heavy atom. The molecule has 0 aromatic heterocycles. The van der Waals surface area contributed by atoms with Gasteiger partial charge in [-0.15, -0.1) is 0 Å². The van der Waals surface area contributed by atoms with Crippen LogP contribution in [0.2, 0.25) is 0 Å². The minimum absolute atomic E-state index is 0. The maximum Gasteiger partial charge on any atom is -0.0181 e. The Hall–Kier alpha value is -3.12. The van der Waals surface area contributed by atoms with Crippen LogP contribution in [0.25, 0.3) is 22.3 Å². The fraction of sp³-hybridized carbons (Fsp3) is 0.200. The minimum atomic E-state index is 0. The van der Waals surface area contributed by atoms with E-state index >= 15 is 0 Å². The Balaban J connectivity index is 0.000000281. The second-order valence-corrected chi connectivity index (χ2v) is 7.47. The number of hydrogen-bond donors (Lipinski definition) is 0. The van der Waals surface area contributed by atoms with Crippen molar-refractivity contribution < 1.29 is 0 Å². The maximum absolute atomic E-state index is 2.21. The van der Waals surface area contributed by atoms with Gasteiger partial charge in [0.1, 0.15) is 0 Å². The molecule has 0 atom stereocenters. The van der Waals surface area contributed by atoms with Crippen LogP contribution in [-0.4, -0.2) is 0 Å². The van der Waals surface area contributed by atoms with Gasteiger partial charge in [-0.1, -0.05) is 134 Å². The van der Waals surface area contributed by atoms with Crippen LogP contribution in [0.3, 0.4) is 0 Å². The van der Waals surface area contributed by atoms with E-state index in [2.05, 4.69) is 125 Å². The molecular formula is C30H36. The molecule has 0 amide bonds. The van der Waals surface area contributed by atoms with Crippen molar-refractivity contribution in [2.24, 2.45) is 0 Å². The molecule has 0 nitrogen and oxygen atoms in total. The third kappa shape index (κ3) is 7.04. The van der Waals surface area contributed by atoms with Crippen molar-refractivity contribution in [2.45, 2.75) is 42.5 Å². The Kier molecular flexibility index (Phi) is 9.78. The first-order valence-corrected chi connectivity index (χ1v) is 9.79. The van der Waals surface area contributed by atoms with Crippen LogP contribution < -0.4 is 0 Å². The zero-order valence-electron chi connectivity index (χ0n) is 17.2. The topological polar surface area (TPSA) is 0 Å². The van der Waals surface area contributed by atoms with Crippen molar-refractivity contribution in [1.29, 1.82) is 0 Å². The van der Waals surface area contributed by atoms with Crippen LogP contribution in [0.5, 0.6) is 0 Å². The van der Waals surface area contributed by atoms with Gasteiger partial charge in [-0.05, 0) is 49.9 Å². The Morgan fingerprint density at radius 3 is 1.00 bits per heavy atom. The van der Waals surface area contributed by atoms with E-state index in [0.717, 1.165) is 0 Å². The standard InChI is InChI=1S/2C14H14.2CH4/c1-11-3-7-13(8-4-11)14-9-5-12(2)6-10-14;1-11-6-8-13(9-7-11)14-5-3-4-12(2)10-14;;/h2*3-10H,1-2H3;2*1H4. The monoisotopic (exact) mass is 396 g/mol. The van der Waals surface area contributed by atoms with E-state index in [1.54, 1.807) is 0 Å². The molecule has 30 heavy (non-hydrogen) atoms. The Morgan fingerprint density at radius 1 is 0.333 bits per heavy atom. The number of benzene rings is 4. The van der Waals surface area contributed by atoms with E-state index in [-0.39, 0.29) is 14.9 Å². The number of rotatable bonds is 2. The minimum Gasteiger partial charge on any atom is -0.0776 e. The molecule has 4 aromatic carbocycles. The van der Waals surface area contributed by atoms with Crippen LogP contribution in [-0.2, 0) is 0 Å². The molecule has 4 rings (SSSR count). The lowest BCUT2D eigenvalue weighted by atomic mass is 10.0. The molecule has 0 heteroatoms. The van der Waals surface area contributed by atoms with Crippen LogP contribution in [0, 0.1) is 27.7 Å². The average Bonchev–Trinajstić information content (AvgIpc) is 2.70. The summed E-state index contributed by atoms with van der Waals surface area (Å²) in [5.41, 5.74) is 10.4. The zero-order chi connectivity index (χ0) is 19.9. The van der Waals surface area contributed by atoms with Gasteiger partial charge in [-0.2, -0.15) is 0 Å². The molecule has 0 N–H and O–H groups in total. The van der Waals surface area contributed by atoms with Crippen molar-refractivity contribution in [3.63, 3.8) is 0 Å². The molecule has 0 saturated carbocycles. The molecule has 0 radical (unpaired) electrons. The van der Waals surface area contributed by atoms with E-state index in [9.17, 15) is 0 Å². The van der Waals surface area contributed by atoms with Crippen molar-refractivity contribution >= 4 is 0 Å². The van der Waals surface area contributed by atoms with Gasteiger partial charge in [0, 0.05) is 0 Å². The van der Waals surface area contributed by atoms with Gasteiger partial charge < -0.3 is 0 Å². The molecule has 0 aliphatic rings. The molecule has 0 fully saturated rings. The van der Waals surface area contributed by atoms with Crippen molar-refractivity contribution in [3.8, 4) is 22.3 Å². The summed E-state index contributed by atoms with van der Waals surface area (Å²) < 4.78 is 0. The van der Waals surface area contributed by atoms with Crippen LogP contribution >= 0.6 is 0 Å². The highest BCUT2D eigenvalue weighted by atomic mass is 14.0. The first-order chi connectivity index (χ1) is 13.5. The lowest BCUT2D eigenvalue weighted by Crippen LogP contribution is -1.79. The van der Waals surface area contributed by atoms with Crippen LogP contribution in [0.15, 0.2) is 97.1 Å². The lowest BCUT2D eigenvalue weighted by Gasteiger charge is -2.02. The van der Waals surface area contributed by atoms with Gasteiger partial charge in [0.15, 0.2) is 0 Å². The smallest absolute Gasteiger partial charge is 0.0181 e. The molecule has 0 heterocycles. The fourth-order valence-electron chi connectivity index (χ4n) is 3.06. The molecule has 0 aliphatic heterocycles. The van der Waals surface area contributed by atoms with Crippen molar-refractivity contribution in [1.82, 2.24) is 0 Å². The lowest BCUT2D eigenvalue weighted by molar-refractivity contribution is 1.44. The summed E-state index contributed by atoms with van der Waals surface area (Å²) in [6, 6.07) is 34.5. The molecule has 0 unspecified atom stereocenters. The largest absolute Gasteiger partial charge is 0.0776 e. The van der Waals surface area contributed by atoms with Crippen molar-refractivity contribution in [3.05, 3.63) is 119 Å². The van der Waals surface area contributed by atoms with Crippen LogP contribution in [0.4, 0.5) is 0 Å². The summed E-state index contributed by atoms with van der Waals surface area (Å²) in [6.07, 6.45) is 0. The highest BCUT2D eigenvalue weighted by Crippen LogP contribution is 2.21. The van der Waals surface area contributed by atoms with Gasteiger partial charge in [0.05, 0.1) is 0 Å². The normalized spacial score (nSPS) is 9.47. The summed E-state index contributed by atoms with van der Waals surface area (Å²) >= 11 is 0. The molecule has 0 spiro atoms. The maximum atomic E-state index is 2.21. The molecule has 0 saturated heterocycles. The zero-order valence-corrected chi connectivity index (χ0v) is 17.2. The first kappa shape index (κ1) is 24.9. The second-order valence-electron chi connectivity index (χ2n) is 7.47. The first-order valence-electron chi connectivity index (χ1n) is 9.79. The van der Waals surface area contributed by atoms with Gasteiger partial charge in [-0.3, -0.25) is 0 Å². The Labute approximate surface area is 184 Å². The van der Waals surface area contributed by atoms with E-state index < -0.39 is 0 Å². The molecule has 156 valence electrons. The summed E-state index contributed by atoms with van der Waals surface area (Å²) in [6.45, 7) is 8.45. The van der Waals surface area contributed by atoms with E-state index in [1.165, 1.54) is 44.5 Å². The predicted octanol–water partition coefficient (Wildman–Crippen LogP) is 9.21. The third-order valence-electron chi connectivity index (χ3n) is 4.84. The van der Waals surface area contributed by atoms with Gasteiger partial charge >= 0.3 is 0 Å². The molecule has 0 bridgehead atoms. The molecular weight excluding hydrogens is 360 g/mol. The van der Waals surface area contributed by atoms with Crippen molar-refractivity contribution in [2.75, 3.05) is 0 Å². The highest BCUT2D eigenvalue weighted by Gasteiger charge is 1.97. The van der Waals surface area contributed by atoms with E-state index in [1.807, 2.05) is 0 Å². The van der Waals surface area contributed by atoms with Crippen LogP contribution in [0.1, 0.15) is 37.1 Å².